The summed E-state index contributed by atoms with van der Waals surface area (Å²) in [6.45, 7) is 0. The minimum atomic E-state index is -0.338. The van der Waals surface area contributed by atoms with Gasteiger partial charge < -0.3 is 9.47 Å². The number of methoxy groups -OCH3 is 2. The van der Waals surface area contributed by atoms with E-state index in [-0.39, 0.29) is 11.8 Å². The summed E-state index contributed by atoms with van der Waals surface area (Å²) in [7, 11) is 3.10. The molecule has 3 aromatic rings. The number of carbonyl (C=O) groups is 2. The maximum atomic E-state index is 12.5. The van der Waals surface area contributed by atoms with Gasteiger partial charge in [0.1, 0.15) is 5.52 Å². The van der Waals surface area contributed by atoms with E-state index in [1.807, 2.05) is 12.1 Å². The first kappa shape index (κ1) is 16.8. The van der Waals surface area contributed by atoms with Crippen molar-refractivity contribution < 1.29 is 19.1 Å². The van der Waals surface area contributed by atoms with Crippen LogP contribution >= 0.6 is 0 Å². The SMILES string of the molecule is COc1cc(/C=C/N2C(=O)c3ccccc3C2=O)c2cccnc2c1OC. The number of rotatable bonds is 4. The second kappa shape index (κ2) is 6.57. The van der Waals surface area contributed by atoms with E-state index in [1.165, 1.54) is 6.20 Å². The monoisotopic (exact) mass is 360 g/mol. The van der Waals surface area contributed by atoms with Gasteiger partial charge in [-0.2, -0.15) is 0 Å². The Balaban J connectivity index is 1.79. The molecule has 27 heavy (non-hydrogen) atoms. The van der Waals surface area contributed by atoms with Crippen LogP contribution in [0.25, 0.3) is 17.0 Å². The molecule has 0 radical (unpaired) electrons. The fourth-order valence-electron chi connectivity index (χ4n) is 3.21. The number of ether oxygens (including phenoxy) is 2. The Morgan fingerprint density at radius 2 is 1.67 bits per heavy atom. The number of imide groups is 1. The Hall–Kier alpha value is -3.67. The lowest BCUT2D eigenvalue weighted by atomic mass is 10.1. The van der Waals surface area contributed by atoms with E-state index in [1.54, 1.807) is 56.8 Å². The molecule has 4 rings (SSSR count). The summed E-state index contributed by atoms with van der Waals surface area (Å²) in [6.07, 6.45) is 4.86. The van der Waals surface area contributed by atoms with Gasteiger partial charge in [-0.3, -0.25) is 14.6 Å². The lowest BCUT2D eigenvalue weighted by Gasteiger charge is -2.13. The molecule has 1 aliphatic rings. The van der Waals surface area contributed by atoms with Crippen molar-refractivity contribution in [2.75, 3.05) is 14.2 Å². The van der Waals surface area contributed by atoms with Crippen LogP contribution in [0.4, 0.5) is 0 Å². The molecule has 2 amide bonds. The van der Waals surface area contributed by atoms with Crippen molar-refractivity contribution in [3.05, 3.63) is 71.6 Å². The quantitative estimate of drug-likeness (QED) is 0.666. The second-order valence-electron chi connectivity index (χ2n) is 5.94. The summed E-state index contributed by atoms with van der Waals surface area (Å²) < 4.78 is 10.8. The Morgan fingerprint density at radius 3 is 2.30 bits per heavy atom. The van der Waals surface area contributed by atoms with Crippen molar-refractivity contribution in [3.8, 4) is 11.5 Å². The van der Waals surface area contributed by atoms with Gasteiger partial charge in [-0.25, -0.2) is 4.90 Å². The number of hydrogen-bond acceptors (Lipinski definition) is 5. The van der Waals surface area contributed by atoms with Gasteiger partial charge in [0.05, 0.1) is 25.3 Å². The largest absolute Gasteiger partial charge is 0.493 e. The maximum Gasteiger partial charge on any atom is 0.265 e. The zero-order valence-corrected chi connectivity index (χ0v) is 14.8. The molecule has 0 fully saturated rings. The zero-order chi connectivity index (χ0) is 19.0. The standard InChI is InChI=1S/C21H16N2O4/c1-26-17-12-13(14-8-5-10-22-18(14)19(17)27-2)9-11-23-20(24)15-6-3-4-7-16(15)21(23)25/h3-12H,1-2H3/b11-9+. The second-order valence-corrected chi connectivity index (χ2v) is 5.94. The first-order chi connectivity index (χ1) is 13.2. The molecule has 0 saturated heterocycles. The fourth-order valence-corrected chi connectivity index (χ4v) is 3.21. The van der Waals surface area contributed by atoms with Crippen molar-refractivity contribution in [3.63, 3.8) is 0 Å². The van der Waals surface area contributed by atoms with Gasteiger partial charge in [-0.1, -0.05) is 18.2 Å². The third kappa shape index (κ3) is 2.62. The molecule has 0 aliphatic carbocycles. The van der Waals surface area contributed by atoms with Crippen LogP contribution < -0.4 is 9.47 Å². The molecule has 2 heterocycles. The van der Waals surface area contributed by atoms with Crippen LogP contribution in [-0.4, -0.2) is 35.9 Å². The van der Waals surface area contributed by atoms with E-state index < -0.39 is 0 Å². The molecule has 6 heteroatoms. The molecule has 2 aromatic carbocycles. The molecule has 0 bridgehead atoms. The van der Waals surface area contributed by atoms with Crippen molar-refractivity contribution >= 4 is 28.8 Å². The minimum Gasteiger partial charge on any atom is -0.493 e. The summed E-state index contributed by atoms with van der Waals surface area (Å²) >= 11 is 0. The number of aromatic nitrogens is 1. The molecule has 6 nitrogen and oxygen atoms in total. The Kier molecular flexibility index (Phi) is 4.08. The van der Waals surface area contributed by atoms with Gasteiger partial charge in [0.15, 0.2) is 11.5 Å². The smallest absolute Gasteiger partial charge is 0.265 e. The number of hydrogen-bond donors (Lipinski definition) is 0. The summed E-state index contributed by atoms with van der Waals surface area (Å²) in [5.74, 6) is 0.376. The summed E-state index contributed by atoms with van der Waals surface area (Å²) in [5.41, 5.74) is 2.21. The first-order valence-electron chi connectivity index (χ1n) is 8.30. The van der Waals surface area contributed by atoms with E-state index in [9.17, 15) is 9.59 Å². The molecular formula is C21H16N2O4. The lowest BCUT2D eigenvalue weighted by molar-refractivity contribution is 0.0722. The first-order valence-corrected chi connectivity index (χ1v) is 8.30. The fraction of sp³-hybridized carbons (Fsp3) is 0.0952. The lowest BCUT2D eigenvalue weighted by Crippen LogP contribution is -2.23. The summed E-state index contributed by atoms with van der Waals surface area (Å²) in [6, 6.07) is 12.3. The van der Waals surface area contributed by atoms with Crippen molar-refractivity contribution in [1.29, 1.82) is 0 Å². The average molecular weight is 360 g/mol. The van der Waals surface area contributed by atoms with E-state index in [0.29, 0.717) is 28.1 Å². The highest BCUT2D eigenvalue weighted by Gasteiger charge is 2.33. The number of nitrogens with zero attached hydrogens (tertiary/aromatic N) is 2. The summed E-state index contributed by atoms with van der Waals surface area (Å²) in [5, 5.41) is 0.822. The van der Waals surface area contributed by atoms with E-state index in [2.05, 4.69) is 4.98 Å². The van der Waals surface area contributed by atoms with Gasteiger partial charge in [0, 0.05) is 17.8 Å². The minimum absolute atomic E-state index is 0.338. The zero-order valence-electron chi connectivity index (χ0n) is 14.8. The molecule has 1 aliphatic heterocycles. The molecule has 0 unspecified atom stereocenters. The molecule has 0 spiro atoms. The predicted molar refractivity (Wildman–Crippen MR) is 101 cm³/mol. The number of benzene rings is 2. The topological polar surface area (TPSA) is 68.7 Å². The van der Waals surface area contributed by atoms with Crippen LogP contribution in [0.5, 0.6) is 11.5 Å². The van der Waals surface area contributed by atoms with Gasteiger partial charge in [0.2, 0.25) is 0 Å². The van der Waals surface area contributed by atoms with Crippen molar-refractivity contribution in [1.82, 2.24) is 9.88 Å². The van der Waals surface area contributed by atoms with Crippen LogP contribution in [0.15, 0.2) is 54.9 Å². The van der Waals surface area contributed by atoms with Gasteiger partial charge in [-0.05, 0) is 35.9 Å². The molecule has 1 aromatic heterocycles. The Morgan fingerprint density at radius 1 is 0.963 bits per heavy atom. The molecule has 0 N–H and O–H groups in total. The van der Waals surface area contributed by atoms with Crippen LogP contribution in [0.2, 0.25) is 0 Å². The van der Waals surface area contributed by atoms with Crippen LogP contribution in [0.3, 0.4) is 0 Å². The van der Waals surface area contributed by atoms with E-state index in [0.717, 1.165) is 15.8 Å². The Labute approximate surface area is 155 Å². The third-order valence-corrected chi connectivity index (χ3v) is 4.50. The molecule has 0 saturated carbocycles. The highest BCUT2D eigenvalue weighted by molar-refractivity contribution is 6.22. The van der Waals surface area contributed by atoms with Crippen LogP contribution in [-0.2, 0) is 0 Å². The van der Waals surface area contributed by atoms with Gasteiger partial charge >= 0.3 is 0 Å². The average Bonchev–Trinajstić information content (AvgIpc) is 2.96. The molecule has 0 atom stereocenters. The summed E-state index contributed by atoms with van der Waals surface area (Å²) in [4.78, 5) is 30.5. The number of pyridine rings is 1. The van der Waals surface area contributed by atoms with E-state index >= 15 is 0 Å². The number of amides is 2. The van der Waals surface area contributed by atoms with E-state index in [4.69, 9.17) is 9.47 Å². The molecule has 134 valence electrons. The van der Waals surface area contributed by atoms with Crippen LogP contribution in [0.1, 0.15) is 26.3 Å². The predicted octanol–water partition coefficient (Wildman–Crippen LogP) is 3.52. The Bertz CT molecular complexity index is 1070. The van der Waals surface area contributed by atoms with Gasteiger partial charge in [0.25, 0.3) is 11.8 Å². The normalized spacial score (nSPS) is 13.5. The third-order valence-electron chi connectivity index (χ3n) is 4.50. The van der Waals surface area contributed by atoms with Crippen LogP contribution in [0, 0.1) is 0 Å². The maximum absolute atomic E-state index is 12.5. The highest BCUT2D eigenvalue weighted by Crippen LogP contribution is 2.37. The number of fused-ring (bicyclic) bond motifs is 2. The highest BCUT2D eigenvalue weighted by atomic mass is 16.5. The van der Waals surface area contributed by atoms with Gasteiger partial charge in [-0.15, -0.1) is 0 Å². The molecular weight excluding hydrogens is 344 g/mol. The number of carbonyl (C=O) groups excluding carboxylic acids is 2. The van der Waals surface area contributed by atoms with Crippen molar-refractivity contribution in [2.24, 2.45) is 0 Å². The van der Waals surface area contributed by atoms with Crippen molar-refractivity contribution in [2.45, 2.75) is 0 Å².